The topological polar surface area (TPSA) is 136 Å². The lowest BCUT2D eigenvalue weighted by atomic mass is 9.80. The van der Waals surface area contributed by atoms with Crippen LogP contribution in [0.5, 0.6) is 11.5 Å². The third-order valence-electron chi connectivity index (χ3n) is 7.85. The summed E-state index contributed by atoms with van der Waals surface area (Å²) in [4.78, 5) is 26.6. The Bertz CT molecular complexity index is 1610. The molecule has 5 rings (SSSR count). The third-order valence-corrected chi connectivity index (χ3v) is 7.85. The van der Waals surface area contributed by atoms with E-state index in [1.165, 1.54) is 16.8 Å². The van der Waals surface area contributed by atoms with Crippen molar-refractivity contribution in [2.45, 2.75) is 36.9 Å². The molecule has 0 radical (unpaired) electrons. The van der Waals surface area contributed by atoms with E-state index in [4.69, 9.17) is 18.9 Å². The van der Waals surface area contributed by atoms with Gasteiger partial charge in [-0.15, -0.1) is 0 Å². The lowest BCUT2D eigenvalue weighted by Gasteiger charge is -2.37. The molecule has 2 heterocycles. The first-order chi connectivity index (χ1) is 20.9. The SMILES string of the molecule is COc1ccc(C(OC[C@H]2O[C@@H](n3ccc(=O)[nH]c3=O)[C@H](CCC#N)[C@@H]2O)(c2ccccc2)c2ccc(OC)cc2)cc1. The predicted molar refractivity (Wildman–Crippen MR) is 158 cm³/mol. The van der Waals surface area contributed by atoms with Crippen LogP contribution < -0.4 is 20.7 Å². The molecular formula is C33H33N3O7. The highest BCUT2D eigenvalue weighted by Gasteiger charge is 2.47. The van der Waals surface area contributed by atoms with Gasteiger partial charge in [0.15, 0.2) is 0 Å². The monoisotopic (exact) mass is 583 g/mol. The van der Waals surface area contributed by atoms with Crippen LogP contribution in [0, 0.1) is 17.2 Å². The first-order valence-electron chi connectivity index (χ1n) is 13.9. The lowest BCUT2D eigenvalue weighted by molar-refractivity contribution is -0.0949. The van der Waals surface area contributed by atoms with Gasteiger partial charge in [0, 0.05) is 24.6 Å². The molecule has 0 bridgehead atoms. The molecule has 0 saturated carbocycles. The van der Waals surface area contributed by atoms with E-state index < -0.39 is 41.2 Å². The second-order valence-electron chi connectivity index (χ2n) is 10.2. The zero-order valence-corrected chi connectivity index (χ0v) is 23.9. The van der Waals surface area contributed by atoms with E-state index in [9.17, 15) is 20.0 Å². The van der Waals surface area contributed by atoms with Crippen LogP contribution in [-0.4, -0.2) is 47.7 Å². The summed E-state index contributed by atoms with van der Waals surface area (Å²) < 4.78 is 25.2. The van der Waals surface area contributed by atoms with Gasteiger partial charge in [-0.3, -0.25) is 14.3 Å². The summed E-state index contributed by atoms with van der Waals surface area (Å²) >= 11 is 0. The van der Waals surface area contributed by atoms with Gasteiger partial charge in [0.05, 0.1) is 33.0 Å². The molecule has 1 aliphatic rings. The summed E-state index contributed by atoms with van der Waals surface area (Å²) in [7, 11) is 3.20. The molecule has 1 aliphatic heterocycles. The van der Waals surface area contributed by atoms with E-state index in [-0.39, 0.29) is 19.4 Å². The van der Waals surface area contributed by atoms with Crippen molar-refractivity contribution in [1.29, 1.82) is 5.26 Å². The largest absolute Gasteiger partial charge is 0.497 e. The minimum atomic E-state index is -1.14. The molecule has 0 aliphatic carbocycles. The average Bonchev–Trinajstić information content (AvgIpc) is 3.35. The Hall–Kier alpha value is -4.69. The van der Waals surface area contributed by atoms with Crippen molar-refractivity contribution < 1.29 is 24.1 Å². The summed E-state index contributed by atoms with van der Waals surface area (Å²) in [5.41, 5.74) is 0.117. The fraction of sp³-hybridized carbons (Fsp3) is 0.303. The van der Waals surface area contributed by atoms with Crippen LogP contribution >= 0.6 is 0 Å². The summed E-state index contributed by atoms with van der Waals surface area (Å²) in [6.07, 6.45) is -1.05. The van der Waals surface area contributed by atoms with Crippen molar-refractivity contribution in [2.24, 2.45) is 5.92 Å². The van der Waals surface area contributed by atoms with Gasteiger partial charge in [-0.1, -0.05) is 54.6 Å². The smallest absolute Gasteiger partial charge is 0.330 e. The van der Waals surface area contributed by atoms with Crippen LogP contribution in [0.4, 0.5) is 0 Å². The molecule has 1 aromatic heterocycles. The van der Waals surface area contributed by atoms with E-state index in [1.807, 2.05) is 78.9 Å². The molecule has 0 amide bonds. The summed E-state index contributed by atoms with van der Waals surface area (Å²) in [5, 5.41) is 20.7. The van der Waals surface area contributed by atoms with Crippen LogP contribution in [-0.2, 0) is 15.1 Å². The summed E-state index contributed by atoms with van der Waals surface area (Å²) in [6.45, 7) is -0.0637. The standard InChI is InChI=1S/C33H33N3O7/c1-40-25-14-10-23(11-15-25)33(22-7-4-3-5-8-22,24-12-16-26(41-2)17-13-24)42-21-28-30(38)27(9-6-19-34)31(43-28)36-20-18-29(37)35-32(36)39/h3-5,7-8,10-18,20,27-28,30-31,38H,6,9,21H2,1-2H3,(H,35,37,39)/t27-,28-,30+,31-/m1/s1. The second-order valence-corrected chi connectivity index (χ2v) is 10.2. The van der Waals surface area contributed by atoms with E-state index >= 15 is 0 Å². The molecule has 4 atom stereocenters. The van der Waals surface area contributed by atoms with Gasteiger partial charge in [-0.05, 0) is 47.4 Å². The molecule has 0 spiro atoms. The second kappa shape index (κ2) is 13.1. The first kappa shape index (κ1) is 29.8. The maximum absolute atomic E-state index is 12.7. The fourth-order valence-electron chi connectivity index (χ4n) is 5.67. The van der Waals surface area contributed by atoms with E-state index in [2.05, 4.69) is 11.1 Å². The molecule has 1 fully saturated rings. The molecule has 0 unspecified atom stereocenters. The maximum atomic E-state index is 12.7. The first-order valence-corrected chi connectivity index (χ1v) is 13.9. The molecule has 1 saturated heterocycles. The molecule has 10 nitrogen and oxygen atoms in total. The van der Waals surface area contributed by atoms with Crippen molar-refractivity contribution in [3.8, 4) is 17.6 Å². The number of H-pyrrole nitrogens is 1. The van der Waals surface area contributed by atoms with Gasteiger partial charge in [-0.25, -0.2) is 4.79 Å². The number of benzene rings is 3. The number of aromatic amines is 1. The van der Waals surface area contributed by atoms with Crippen molar-refractivity contribution in [2.75, 3.05) is 20.8 Å². The molecule has 43 heavy (non-hydrogen) atoms. The number of aliphatic hydroxyl groups is 1. The number of ether oxygens (including phenoxy) is 4. The number of aromatic nitrogens is 2. The van der Waals surface area contributed by atoms with Crippen molar-refractivity contribution in [1.82, 2.24) is 9.55 Å². The summed E-state index contributed by atoms with van der Waals surface area (Å²) in [5.74, 6) is 0.777. The average molecular weight is 584 g/mol. The highest BCUT2D eigenvalue weighted by molar-refractivity contribution is 5.49. The van der Waals surface area contributed by atoms with Crippen molar-refractivity contribution in [3.63, 3.8) is 0 Å². The fourth-order valence-corrected chi connectivity index (χ4v) is 5.67. The predicted octanol–water partition coefficient (Wildman–Crippen LogP) is 3.74. The van der Waals surface area contributed by atoms with Gasteiger partial charge < -0.3 is 24.1 Å². The number of rotatable bonds is 11. The van der Waals surface area contributed by atoms with Crippen LogP contribution in [0.25, 0.3) is 0 Å². The molecule has 222 valence electrons. The van der Waals surface area contributed by atoms with Crippen LogP contribution in [0.15, 0.2) is 101 Å². The Kier molecular flexibility index (Phi) is 9.07. The Balaban J connectivity index is 1.57. The third kappa shape index (κ3) is 5.96. The van der Waals surface area contributed by atoms with Gasteiger partial charge in [0.25, 0.3) is 5.56 Å². The van der Waals surface area contributed by atoms with Crippen LogP contribution in [0.1, 0.15) is 35.8 Å². The Labute approximate surface area is 248 Å². The molecule has 2 N–H and O–H groups in total. The molecular weight excluding hydrogens is 550 g/mol. The number of nitrogens with one attached hydrogen (secondary N) is 1. The number of nitriles is 1. The normalized spacial score (nSPS) is 20.0. The number of hydrogen-bond acceptors (Lipinski definition) is 8. The van der Waals surface area contributed by atoms with Gasteiger partial charge >= 0.3 is 5.69 Å². The van der Waals surface area contributed by atoms with Crippen molar-refractivity contribution >= 4 is 0 Å². The molecule has 10 heteroatoms. The quantitative estimate of drug-likeness (QED) is 0.255. The number of aliphatic hydroxyl groups excluding tert-OH is 1. The lowest BCUT2D eigenvalue weighted by Crippen LogP contribution is -2.38. The van der Waals surface area contributed by atoms with E-state index in [1.54, 1.807) is 14.2 Å². The molecule has 3 aromatic carbocycles. The Morgan fingerprint density at radius 2 is 1.49 bits per heavy atom. The Morgan fingerprint density at radius 1 is 0.907 bits per heavy atom. The maximum Gasteiger partial charge on any atom is 0.330 e. The van der Waals surface area contributed by atoms with Crippen molar-refractivity contribution in [3.05, 3.63) is 129 Å². The van der Waals surface area contributed by atoms with Gasteiger partial charge in [-0.2, -0.15) is 5.26 Å². The minimum Gasteiger partial charge on any atom is -0.497 e. The van der Waals surface area contributed by atoms with Crippen LogP contribution in [0.3, 0.4) is 0 Å². The van der Waals surface area contributed by atoms with E-state index in [0.717, 1.165) is 16.7 Å². The molecule has 4 aromatic rings. The number of methoxy groups -OCH3 is 2. The zero-order chi connectivity index (χ0) is 30.4. The highest BCUT2D eigenvalue weighted by Crippen LogP contribution is 2.44. The summed E-state index contributed by atoms with van der Waals surface area (Å²) in [6, 6.07) is 28.2. The van der Waals surface area contributed by atoms with Gasteiger partial charge in [0.2, 0.25) is 0 Å². The number of nitrogens with zero attached hydrogens (tertiary/aromatic N) is 2. The number of hydrogen-bond donors (Lipinski definition) is 2. The van der Waals surface area contributed by atoms with Gasteiger partial charge in [0.1, 0.15) is 29.4 Å². The zero-order valence-electron chi connectivity index (χ0n) is 23.9. The Morgan fingerprint density at radius 3 is 2.02 bits per heavy atom. The van der Waals surface area contributed by atoms with Crippen LogP contribution in [0.2, 0.25) is 0 Å². The minimum absolute atomic E-state index is 0.0637. The highest BCUT2D eigenvalue weighted by atomic mass is 16.6. The van der Waals surface area contributed by atoms with E-state index in [0.29, 0.717) is 11.5 Å².